The second kappa shape index (κ2) is 5.61. The smallest absolute Gasteiger partial charge is 0.255 e. The lowest BCUT2D eigenvalue weighted by atomic mass is 9.79. The third kappa shape index (κ3) is 3.47. The number of nitrogens with one attached hydrogen (secondary N) is 1. The first-order valence-corrected chi connectivity index (χ1v) is 6.79. The molecule has 1 amide bonds. The molecule has 1 aromatic carbocycles. The van der Waals surface area contributed by atoms with E-state index in [0.717, 1.165) is 19.3 Å². The molecule has 0 heterocycles. The second-order valence-corrected chi connectivity index (χ2v) is 5.63. The summed E-state index contributed by atoms with van der Waals surface area (Å²) in [5.41, 5.74) is -0.562. The van der Waals surface area contributed by atoms with Gasteiger partial charge in [-0.3, -0.25) is 4.79 Å². The molecule has 2 rings (SSSR count). The first-order valence-electron chi connectivity index (χ1n) is 6.79. The Hall–Kier alpha value is -1.55. The zero-order valence-electron chi connectivity index (χ0n) is 11.2. The van der Waals surface area contributed by atoms with Gasteiger partial charge >= 0.3 is 0 Å². The predicted octanol–water partition coefficient (Wildman–Crippen LogP) is 2.06. The maximum Gasteiger partial charge on any atom is 0.255 e. The van der Waals surface area contributed by atoms with E-state index < -0.39 is 5.60 Å². The standard InChI is InChI=1S/C15H21NO3/c1-11-5-4-8-15(19,9-11)10-16-14(18)12-6-2-3-7-13(12)17/h2-3,6-7,11,17,19H,4-5,8-10H2,1H3,(H,16,18). The topological polar surface area (TPSA) is 69.6 Å². The maximum atomic E-state index is 11.9. The van der Waals surface area contributed by atoms with Crippen molar-refractivity contribution in [2.75, 3.05) is 6.54 Å². The van der Waals surface area contributed by atoms with E-state index in [2.05, 4.69) is 12.2 Å². The van der Waals surface area contributed by atoms with E-state index >= 15 is 0 Å². The number of carbonyl (C=O) groups excluding carboxylic acids is 1. The number of phenolic OH excluding ortho intramolecular Hbond substituents is 1. The third-order valence-corrected chi connectivity index (χ3v) is 3.79. The minimum Gasteiger partial charge on any atom is -0.507 e. The highest BCUT2D eigenvalue weighted by molar-refractivity contribution is 5.96. The fourth-order valence-electron chi connectivity index (χ4n) is 2.80. The Balaban J connectivity index is 1.95. The van der Waals surface area contributed by atoms with E-state index in [9.17, 15) is 15.0 Å². The lowest BCUT2D eigenvalue weighted by Crippen LogP contribution is -2.45. The lowest BCUT2D eigenvalue weighted by molar-refractivity contribution is -0.0109. The van der Waals surface area contributed by atoms with Crippen molar-refractivity contribution in [1.29, 1.82) is 0 Å². The maximum absolute atomic E-state index is 11.9. The number of aromatic hydroxyl groups is 1. The van der Waals surface area contributed by atoms with Gasteiger partial charge in [-0.1, -0.05) is 31.9 Å². The Labute approximate surface area is 113 Å². The van der Waals surface area contributed by atoms with Crippen LogP contribution >= 0.6 is 0 Å². The number of hydrogen-bond donors (Lipinski definition) is 3. The van der Waals surface area contributed by atoms with Gasteiger partial charge in [-0.2, -0.15) is 0 Å². The summed E-state index contributed by atoms with van der Waals surface area (Å²) in [4.78, 5) is 11.9. The van der Waals surface area contributed by atoms with E-state index in [-0.39, 0.29) is 23.8 Å². The van der Waals surface area contributed by atoms with Gasteiger partial charge in [0.1, 0.15) is 5.75 Å². The molecular formula is C15H21NO3. The fraction of sp³-hybridized carbons (Fsp3) is 0.533. The van der Waals surface area contributed by atoms with Crippen molar-refractivity contribution in [3.63, 3.8) is 0 Å². The van der Waals surface area contributed by atoms with Gasteiger partial charge in [0.05, 0.1) is 11.2 Å². The molecule has 0 aromatic heterocycles. The fourth-order valence-corrected chi connectivity index (χ4v) is 2.80. The molecule has 19 heavy (non-hydrogen) atoms. The van der Waals surface area contributed by atoms with Gasteiger partial charge in [-0.05, 0) is 30.9 Å². The van der Waals surface area contributed by atoms with Gasteiger partial charge in [0.15, 0.2) is 0 Å². The number of amides is 1. The van der Waals surface area contributed by atoms with Crippen molar-refractivity contribution in [3.05, 3.63) is 29.8 Å². The van der Waals surface area contributed by atoms with Crippen molar-refractivity contribution in [2.24, 2.45) is 5.92 Å². The van der Waals surface area contributed by atoms with Crippen molar-refractivity contribution in [3.8, 4) is 5.75 Å². The SMILES string of the molecule is CC1CCCC(O)(CNC(=O)c2ccccc2O)C1. The van der Waals surface area contributed by atoms with Crippen molar-refractivity contribution < 1.29 is 15.0 Å². The Morgan fingerprint density at radius 1 is 1.47 bits per heavy atom. The molecule has 0 spiro atoms. The van der Waals surface area contributed by atoms with Crippen molar-refractivity contribution in [1.82, 2.24) is 5.32 Å². The summed E-state index contributed by atoms with van der Waals surface area (Å²) in [6, 6.07) is 6.42. The Morgan fingerprint density at radius 3 is 2.89 bits per heavy atom. The van der Waals surface area contributed by atoms with Gasteiger partial charge in [0.25, 0.3) is 5.91 Å². The predicted molar refractivity (Wildman–Crippen MR) is 73.0 cm³/mol. The van der Waals surface area contributed by atoms with Crippen LogP contribution in [0.5, 0.6) is 5.75 Å². The van der Waals surface area contributed by atoms with Crippen molar-refractivity contribution >= 4 is 5.91 Å². The van der Waals surface area contributed by atoms with E-state index in [4.69, 9.17) is 0 Å². The van der Waals surface area contributed by atoms with Gasteiger partial charge in [-0.25, -0.2) is 0 Å². The van der Waals surface area contributed by atoms with Crippen LogP contribution < -0.4 is 5.32 Å². The monoisotopic (exact) mass is 263 g/mol. The van der Waals surface area contributed by atoms with Crippen molar-refractivity contribution in [2.45, 2.75) is 38.2 Å². The van der Waals surface area contributed by atoms with E-state index in [1.165, 1.54) is 6.07 Å². The zero-order chi connectivity index (χ0) is 13.9. The number of rotatable bonds is 3. The quantitative estimate of drug-likeness (QED) is 0.782. The molecule has 1 aliphatic carbocycles. The summed E-state index contributed by atoms with van der Waals surface area (Å²) in [7, 11) is 0. The summed E-state index contributed by atoms with van der Waals surface area (Å²) in [6.45, 7) is 2.36. The van der Waals surface area contributed by atoms with Gasteiger partial charge in [0, 0.05) is 6.54 Å². The van der Waals surface area contributed by atoms with Crippen LogP contribution in [0.1, 0.15) is 43.0 Å². The highest BCUT2D eigenvalue weighted by Gasteiger charge is 2.33. The third-order valence-electron chi connectivity index (χ3n) is 3.79. The van der Waals surface area contributed by atoms with Gasteiger partial charge < -0.3 is 15.5 Å². The molecule has 1 saturated carbocycles. The van der Waals surface area contributed by atoms with E-state index in [0.29, 0.717) is 12.3 Å². The van der Waals surface area contributed by atoms with E-state index in [1.807, 2.05) is 0 Å². The zero-order valence-corrected chi connectivity index (χ0v) is 11.2. The summed E-state index contributed by atoms with van der Waals surface area (Å²) < 4.78 is 0. The van der Waals surface area contributed by atoms with Crippen LogP contribution in [0.3, 0.4) is 0 Å². The molecule has 104 valence electrons. The Kier molecular flexibility index (Phi) is 4.10. The average Bonchev–Trinajstić information content (AvgIpc) is 2.36. The summed E-state index contributed by atoms with van der Waals surface area (Å²) >= 11 is 0. The normalized spacial score (nSPS) is 26.9. The number of benzene rings is 1. The number of para-hydroxylation sites is 1. The summed E-state index contributed by atoms with van der Waals surface area (Å²) in [5, 5.41) is 22.8. The first-order chi connectivity index (χ1) is 9.00. The molecule has 0 saturated heterocycles. The van der Waals surface area contributed by atoms with E-state index in [1.54, 1.807) is 18.2 Å². The molecule has 3 N–H and O–H groups in total. The first kappa shape index (κ1) is 13.9. The average molecular weight is 263 g/mol. The molecule has 1 fully saturated rings. The molecule has 1 aliphatic rings. The van der Waals surface area contributed by atoms with Crippen LogP contribution in [0.4, 0.5) is 0 Å². The molecule has 4 heteroatoms. The Morgan fingerprint density at radius 2 is 2.21 bits per heavy atom. The van der Waals surface area contributed by atoms with Crippen LogP contribution in [0.25, 0.3) is 0 Å². The van der Waals surface area contributed by atoms with Crippen LogP contribution in [-0.2, 0) is 0 Å². The largest absolute Gasteiger partial charge is 0.507 e. The molecule has 1 aromatic rings. The minimum atomic E-state index is -0.808. The number of phenols is 1. The molecular weight excluding hydrogens is 242 g/mol. The molecule has 0 bridgehead atoms. The summed E-state index contributed by atoms with van der Waals surface area (Å²) in [5.74, 6) is 0.106. The molecule has 4 nitrogen and oxygen atoms in total. The number of carbonyl (C=O) groups is 1. The van der Waals surface area contributed by atoms with Gasteiger partial charge in [-0.15, -0.1) is 0 Å². The van der Waals surface area contributed by atoms with Gasteiger partial charge in [0.2, 0.25) is 0 Å². The highest BCUT2D eigenvalue weighted by atomic mass is 16.3. The molecule has 0 aliphatic heterocycles. The van der Waals surface area contributed by atoms with Crippen LogP contribution in [0, 0.1) is 5.92 Å². The minimum absolute atomic E-state index is 0.0380. The van der Waals surface area contributed by atoms with Crippen LogP contribution in [0.15, 0.2) is 24.3 Å². The summed E-state index contributed by atoms with van der Waals surface area (Å²) in [6.07, 6.45) is 3.56. The van der Waals surface area contributed by atoms with Crippen LogP contribution in [0.2, 0.25) is 0 Å². The molecule has 0 radical (unpaired) electrons. The number of aliphatic hydroxyl groups is 1. The lowest BCUT2D eigenvalue weighted by Gasteiger charge is -2.35. The highest BCUT2D eigenvalue weighted by Crippen LogP contribution is 2.31. The molecule has 2 atom stereocenters. The van der Waals surface area contributed by atoms with Crippen LogP contribution in [-0.4, -0.2) is 28.3 Å². The Bertz CT molecular complexity index is 460. The number of hydrogen-bond acceptors (Lipinski definition) is 3. The second-order valence-electron chi connectivity index (χ2n) is 5.63. The molecule has 2 unspecified atom stereocenters.